The minimum Gasteiger partial charge on any atom is -0.298 e. The Morgan fingerprint density at radius 2 is 1.78 bits per heavy atom. The molecule has 4 atom stereocenters. The molecule has 10 nitrogen and oxygen atoms in total. The van der Waals surface area contributed by atoms with Gasteiger partial charge in [0.1, 0.15) is 11.3 Å². The Hall–Kier alpha value is -1.57. The van der Waals surface area contributed by atoms with Crippen molar-refractivity contribution in [3.63, 3.8) is 0 Å². The molecule has 2 aliphatic rings. The van der Waals surface area contributed by atoms with E-state index in [0.29, 0.717) is 17.9 Å². The fourth-order valence-corrected chi connectivity index (χ4v) is 8.15. The van der Waals surface area contributed by atoms with Crippen LogP contribution in [0.1, 0.15) is 33.6 Å². The van der Waals surface area contributed by atoms with E-state index >= 15 is 0 Å². The van der Waals surface area contributed by atoms with Crippen molar-refractivity contribution in [3.8, 4) is 0 Å². The van der Waals surface area contributed by atoms with Gasteiger partial charge in [0, 0.05) is 17.0 Å². The van der Waals surface area contributed by atoms with Gasteiger partial charge in [-0.05, 0) is 48.4 Å². The predicted molar refractivity (Wildman–Crippen MR) is 116 cm³/mol. The van der Waals surface area contributed by atoms with E-state index in [9.17, 15) is 26.4 Å². The summed E-state index contributed by atoms with van der Waals surface area (Å²) in [5, 5.41) is 7.99. The van der Waals surface area contributed by atoms with Gasteiger partial charge < -0.3 is 0 Å². The standard InChI is InChI=1S/C19H26ClN3O7S2/c1-18(2)13-8-9-19(18,3)16(24)15(13)32(29,30)23-14(17(25)22-26)10-21-31(27,28)12-6-4-11(20)5-7-12/h4-7,13-15,21,23,26H,8-10H2,1-3H3,(H,22,25). The zero-order valence-corrected chi connectivity index (χ0v) is 20.1. The first-order valence-electron chi connectivity index (χ1n) is 9.92. The van der Waals surface area contributed by atoms with Crippen molar-refractivity contribution in [2.75, 3.05) is 6.54 Å². The average molecular weight is 508 g/mol. The van der Waals surface area contributed by atoms with Crippen LogP contribution in [0.3, 0.4) is 0 Å². The van der Waals surface area contributed by atoms with Crippen molar-refractivity contribution in [1.82, 2.24) is 14.9 Å². The monoisotopic (exact) mass is 507 g/mol. The lowest BCUT2D eigenvalue weighted by molar-refractivity contribution is -0.131. The molecular weight excluding hydrogens is 482 g/mol. The number of sulfonamides is 2. The number of carbonyl (C=O) groups is 2. The zero-order valence-electron chi connectivity index (χ0n) is 17.8. The summed E-state index contributed by atoms with van der Waals surface area (Å²) in [7, 11) is -8.47. The number of fused-ring (bicyclic) bond motifs is 2. The van der Waals surface area contributed by atoms with Crippen LogP contribution in [0.15, 0.2) is 29.2 Å². The third-order valence-corrected chi connectivity index (χ3v) is 10.7. The quantitative estimate of drug-likeness (QED) is 0.299. The molecule has 2 aliphatic carbocycles. The summed E-state index contributed by atoms with van der Waals surface area (Å²) >= 11 is 5.75. The molecule has 4 N–H and O–H groups in total. The molecule has 32 heavy (non-hydrogen) atoms. The fourth-order valence-electron chi connectivity index (χ4n) is 4.79. The lowest BCUT2D eigenvalue weighted by Crippen LogP contribution is -2.55. The first kappa shape index (κ1) is 25.1. The van der Waals surface area contributed by atoms with Crippen LogP contribution in [-0.2, 0) is 29.6 Å². The second-order valence-corrected chi connectivity index (χ2v) is 13.0. The maximum absolute atomic E-state index is 13.1. The minimum atomic E-state index is -4.37. The van der Waals surface area contributed by atoms with E-state index in [2.05, 4.69) is 9.44 Å². The number of ketones is 1. The molecule has 178 valence electrons. The van der Waals surface area contributed by atoms with Crippen molar-refractivity contribution in [1.29, 1.82) is 0 Å². The molecule has 0 aliphatic heterocycles. The first-order chi connectivity index (χ1) is 14.7. The molecule has 13 heteroatoms. The Bertz CT molecular complexity index is 1140. The summed E-state index contributed by atoms with van der Waals surface area (Å²) < 4.78 is 55.5. The lowest BCUT2D eigenvalue weighted by Gasteiger charge is -2.32. The van der Waals surface area contributed by atoms with E-state index < -0.39 is 66.3 Å². The smallest absolute Gasteiger partial charge is 0.262 e. The number of nitrogens with one attached hydrogen (secondary N) is 3. The maximum Gasteiger partial charge on any atom is 0.262 e. The van der Waals surface area contributed by atoms with E-state index in [0.717, 1.165) is 0 Å². The number of hydroxylamine groups is 1. The molecule has 2 saturated carbocycles. The second kappa shape index (κ2) is 8.33. The minimum absolute atomic E-state index is 0.147. The highest BCUT2D eigenvalue weighted by molar-refractivity contribution is 7.91. The Morgan fingerprint density at radius 1 is 1.19 bits per heavy atom. The van der Waals surface area contributed by atoms with Gasteiger partial charge in [-0.2, -0.15) is 0 Å². The van der Waals surface area contributed by atoms with Crippen LogP contribution in [0.4, 0.5) is 0 Å². The first-order valence-corrected chi connectivity index (χ1v) is 13.3. The highest BCUT2D eigenvalue weighted by Crippen LogP contribution is 2.64. The molecule has 1 aromatic rings. The van der Waals surface area contributed by atoms with E-state index in [1.54, 1.807) is 6.92 Å². The maximum atomic E-state index is 13.1. The van der Waals surface area contributed by atoms with Gasteiger partial charge in [-0.3, -0.25) is 14.8 Å². The third-order valence-electron chi connectivity index (χ3n) is 7.14. The van der Waals surface area contributed by atoms with Crippen LogP contribution >= 0.6 is 11.6 Å². The molecule has 0 aromatic heterocycles. The summed E-state index contributed by atoms with van der Waals surface area (Å²) in [4.78, 5) is 25.0. The van der Waals surface area contributed by atoms with Crippen LogP contribution in [0.5, 0.6) is 0 Å². The molecule has 0 heterocycles. The molecule has 1 aromatic carbocycles. The topological polar surface area (TPSA) is 159 Å². The Labute approximate surface area is 192 Å². The number of rotatable bonds is 8. The van der Waals surface area contributed by atoms with Gasteiger partial charge in [0.2, 0.25) is 20.0 Å². The number of hydrogen-bond donors (Lipinski definition) is 4. The van der Waals surface area contributed by atoms with Gasteiger partial charge in [0.25, 0.3) is 5.91 Å². The Kier molecular flexibility index (Phi) is 6.53. The SMILES string of the molecule is CC12CCC(C(S(=O)(=O)NC(CNS(=O)(=O)c3ccc(Cl)cc3)C(=O)NO)C1=O)C2(C)C. The highest BCUT2D eigenvalue weighted by atomic mass is 35.5. The second-order valence-electron chi connectivity index (χ2n) is 8.98. The molecule has 3 rings (SSSR count). The molecule has 0 radical (unpaired) electrons. The van der Waals surface area contributed by atoms with E-state index in [4.69, 9.17) is 16.8 Å². The Morgan fingerprint density at radius 3 is 2.28 bits per heavy atom. The normalized spacial score (nSPS) is 28.0. The van der Waals surface area contributed by atoms with Crippen LogP contribution in [-0.4, -0.2) is 51.6 Å². The molecule has 4 unspecified atom stereocenters. The summed E-state index contributed by atoms with van der Waals surface area (Å²) in [6.45, 7) is 4.78. The number of Topliss-reactive ketones (excluding diaryl/α,β-unsaturated/α-hetero) is 1. The summed E-state index contributed by atoms with van der Waals surface area (Å²) in [5.41, 5.74) is -0.0232. The van der Waals surface area contributed by atoms with Crippen LogP contribution in [0, 0.1) is 16.7 Å². The zero-order chi connectivity index (χ0) is 24.1. The van der Waals surface area contributed by atoms with Gasteiger partial charge in [0.15, 0.2) is 5.78 Å². The van der Waals surface area contributed by atoms with Crippen molar-refractivity contribution >= 4 is 43.3 Å². The number of benzene rings is 1. The largest absolute Gasteiger partial charge is 0.298 e. The van der Waals surface area contributed by atoms with Crippen molar-refractivity contribution in [2.24, 2.45) is 16.7 Å². The fraction of sp³-hybridized carbons (Fsp3) is 0.579. The van der Waals surface area contributed by atoms with Crippen LogP contribution < -0.4 is 14.9 Å². The number of amides is 1. The van der Waals surface area contributed by atoms with Gasteiger partial charge in [-0.1, -0.05) is 32.4 Å². The van der Waals surface area contributed by atoms with E-state index in [1.807, 2.05) is 13.8 Å². The molecule has 2 bridgehead atoms. The van der Waals surface area contributed by atoms with Gasteiger partial charge in [0.05, 0.1) is 4.90 Å². The number of halogens is 1. The lowest BCUT2D eigenvalue weighted by atomic mass is 9.70. The molecule has 0 spiro atoms. The van der Waals surface area contributed by atoms with Crippen molar-refractivity contribution in [2.45, 2.75) is 49.8 Å². The van der Waals surface area contributed by atoms with Gasteiger partial charge in [-0.15, -0.1) is 0 Å². The van der Waals surface area contributed by atoms with Gasteiger partial charge in [-0.25, -0.2) is 31.8 Å². The van der Waals surface area contributed by atoms with E-state index in [1.165, 1.54) is 29.7 Å². The number of carbonyl (C=O) groups excluding carboxylic acids is 2. The van der Waals surface area contributed by atoms with Gasteiger partial charge >= 0.3 is 0 Å². The Balaban J connectivity index is 1.81. The third kappa shape index (κ3) is 4.08. The van der Waals surface area contributed by atoms with Crippen molar-refractivity contribution in [3.05, 3.63) is 29.3 Å². The summed E-state index contributed by atoms with van der Waals surface area (Å²) in [6.07, 6.45) is 1.12. The molecule has 0 saturated heterocycles. The van der Waals surface area contributed by atoms with Crippen LogP contribution in [0.25, 0.3) is 0 Å². The summed E-state index contributed by atoms with van der Waals surface area (Å²) in [5.74, 6) is -2.04. The number of hydrogen-bond acceptors (Lipinski definition) is 7. The summed E-state index contributed by atoms with van der Waals surface area (Å²) in [6, 6.07) is 3.52. The molecule has 2 fully saturated rings. The van der Waals surface area contributed by atoms with E-state index in [-0.39, 0.29) is 4.90 Å². The molecule has 1 amide bonds. The van der Waals surface area contributed by atoms with Crippen LogP contribution in [0.2, 0.25) is 5.02 Å². The predicted octanol–water partition coefficient (Wildman–Crippen LogP) is 0.806. The highest BCUT2D eigenvalue weighted by Gasteiger charge is 2.69. The van der Waals surface area contributed by atoms with Crippen molar-refractivity contribution < 1.29 is 31.6 Å². The average Bonchev–Trinajstić information content (AvgIpc) is 3.03. The molecular formula is C19H26ClN3O7S2.